The van der Waals surface area contributed by atoms with Crippen molar-refractivity contribution in [3.63, 3.8) is 0 Å². The largest absolute Gasteiger partial charge is 0.466 e. The van der Waals surface area contributed by atoms with E-state index in [9.17, 15) is 4.79 Å². The van der Waals surface area contributed by atoms with Crippen molar-refractivity contribution >= 4 is 40.2 Å². The predicted molar refractivity (Wildman–Crippen MR) is 83.4 cm³/mol. The van der Waals surface area contributed by atoms with E-state index in [1.165, 1.54) is 7.11 Å². The molecule has 7 heteroatoms. The third-order valence-electron chi connectivity index (χ3n) is 2.57. The third-order valence-corrected chi connectivity index (χ3v) is 4.22. The molecule has 2 aromatic rings. The molecule has 20 heavy (non-hydrogen) atoms. The van der Waals surface area contributed by atoms with Crippen LogP contribution in [0.3, 0.4) is 0 Å². The molecule has 0 saturated heterocycles. The lowest BCUT2D eigenvalue weighted by atomic mass is 10.3. The highest BCUT2D eigenvalue weighted by atomic mass is 127. The van der Waals surface area contributed by atoms with E-state index in [0.717, 1.165) is 5.69 Å². The second-order valence-corrected chi connectivity index (χ2v) is 5.34. The van der Waals surface area contributed by atoms with Crippen molar-refractivity contribution in [3.05, 3.63) is 39.1 Å². The molecule has 0 bridgehead atoms. The quantitative estimate of drug-likeness (QED) is 0.578. The second kappa shape index (κ2) is 6.45. The monoisotopic (exact) mass is 406 g/mol. The zero-order chi connectivity index (χ0) is 14.7. The number of rotatable bonds is 4. The van der Waals surface area contributed by atoms with Gasteiger partial charge in [0.25, 0.3) is 5.88 Å². The molecule has 5 nitrogen and oxygen atoms in total. The van der Waals surface area contributed by atoms with E-state index < -0.39 is 12.1 Å². The van der Waals surface area contributed by atoms with Gasteiger partial charge in [0.15, 0.2) is 6.10 Å². The number of methoxy groups -OCH3 is 1. The summed E-state index contributed by atoms with van der Waals surface area (Å²) in [6.07, 6.45) is -0.771. The molecule has 1 atom stereocenters. The van der Waals surface area contributed by atoms with Gasteiger partial charge in [-0.2, -0.15) is 0 Å². The van der Waals surface area contributed by atoms with Crippen LogP contribution >= 0.6 is 34.2 Å². The van der Waals surface area contributed by atoms with Crippen LogP contribution in [0, 0.1) is 3.70 Å². The summed E-state index contributed by atoms with van der Waals surface area (Å²) >= 11 is 8.26. The Kier molecular flexibility index (Phi) is 4.87. The van der Waals surface area contributed by atoms with E-state index in [4.69, 9.17) is 16.3 Å². The number of halogens is 2. The highest BCUT2D eigenvalue weighted by Crippen LogP contribution is 2.31. The van der Waals surface area contributed by atoms with Gasteiger partial charge in [-0.05, 0) is 41.6 Å². The van der Waals surface area contributed by atoms with Crippen LogP contribution in [0.15, 0.2) is 30.3 Å². The molecule has 0 aliphatic heterocycles. The van der Waals surface area contributed by atoms with Crippen molar-refractivity contribution in [1.82, 2.24) is 9.78 Å². The number of carbonyl (C=O) groups is 1. The first-order chi connectivity index (χ1) is 9.54. The van der Waals surface area contributed by atoms with E-state index in [1.54, 1.807) is 11.6 Å². The van der Waals surface area contributed by atoms with Crippen LogP contribution in [-0.4, -0.2) is 29.0 Å². The maximum atomic E-state index is 11.4. The van der Waals surface area contributed by atoms with Gasteiger partial charge in [0.05, 0.1) is 12.8 Å². The molecule has 2 rings (SSSR count). The van der Waals surface area contributed by atoms with Crippen molar-refractivity contribution in [2.75, 3.05) is 7.11 Å². The van der Waals surface area contributed by atoms with Crippen molar-refractivity contribution in [1.29, 1.82) is 0 Å². The van der Waals surface area contributed by atoms with Gasteiger partial charge in [-0.25, -0.2) is 9.48 Å². The zero-order valence-corrected chi connectivity index (χ0v) is 13.8. The Bertz CT molecular complexity index is 616. The maximum absolute atomic E-state index is 11.4. The Balaban J connectivity index is 2.31. The fraction of sp³-hybridized carbons (Fsp3) is 0.231. The van der Waals surface area contributed by atoms with E-state index >= 15 is 0 Å². The number of esters is 1. The summed E-state index contributed by atoms with van der Waals surface area (Å²) in [6.45, 7) is 1.58. The minimum absolute atomic E-state index is 0.206. The zero-order valence-electron chi connectivity index (χ0n) is 10.8. The number of hydrogen-bond acceptors (Lipinski definition) is 4. The molecule has 0 fully saturated rings. The lowest BCUT2D eigenvalue weighted by molar-refractivity contribution is -0.148. The van der Waals surface area contributed by atoms with Gasteiger partial charge in [0.2, 0.25) is 0 Å². The van der Waals surface area contributed by atoms with Gasteiger partial charge in [-0.3, -0.25) is 0 Å². The number of nitrogens with zero attached hydrogens (tertiary/aromatic N) is 2. The van der Waals surface area contributed by atoms with Crippen LogP contribution in [0.1, 0.15) is 6.92 Å². The second-order valence-electron chi connectivity index (χ2n) is 3.94. The molecule has 0 saturated carbocycles. The van der Waals surface area contributed by atoms with Gasteiger partial charge >= 0.3 is 5.97 Å². The normalized spacial score (nSPS) is 12.0. The number of aromatic nitrogens is 2. The van der Waals surface area contributed by atoms with Crippen molar-refractivity contribution < 1.29 is 14.3 Å². The summed E-state index contributed by atoms with van der Waals surface area (Å²) in [7, 11) is 1.30. The van der Waals surface area contributed by atoms with Crippen LogP contribution < -0.4 is 4.74 Å². The summed E-state index contributed by atoms with van der Waals surface area (Å²) in [5.74, 6) is -0.275. The summed E-state index contributed by atoms with van der Waals surface area (Å²) in [5, 5.41) is 4.65. The summed E-state index contributed by atoms with van der Waals surface area (Å²) < 4.78 is 12.4. The molecule has 1 aromatic heterocycles. The number of ether oxygens (including phenoxy) is 2. The first kappa shape index (κ1) is 15.1. The van der Waals surface area contributed by atoms with Crippen LogP contribution in [0.25, 0.3) is 5.69 Å². The van der Waals surface area contributed by atoms with Crippen LogP contribution in [0.4, 0.5) is 0 Å². The molecule has 106 valence electrons. The van der Waals surface area contributed by atoms with Crippen molar-refractivity contribution in [3.8, 4) is 11.6 Å². The van der Waals surface area contributed by atoms with Crippen molar-refractivity contribution in [2.45, 2.75) is 13.0 Å². The Morgan fingerprint density at radius 2 is 2.05 bits per heavy atom. The van der Waals surface area contributed by atoms with E-state index in [2.05, 4.69) is 32.4 Å². The minimum atomic E-state index is -0.771. The Morgan fingerprint density at radius 1 is 1.40 bits per heavy atom. The fourth-order valence-corrected chi connectivity index (χ4v) is 2.34. The number of hydrogen-bond donors (Lipinski definition) is 0. The number of benzene rings is 1. The fourth-order valence-electron chi connectivity index (χ4n) is 1.56. The molecule has 1 heterocycles. The minimum Gasteiger partial charge on any atom is -0.466 e. The Morgan fingerprint density at radius 3 is 2.65 bits per heavy atom. The lowest BCUT2D eigenvalue weighted by Crippen LogP contribution is -2.25. The number of para-hydroxylation sites is 1. The van der Waals surface area contributed by atoms with E-state index in [1.807, 2.05) is 30.3 Å². The van der Waals surface area contributed by atoms with Gasteiger partial charge in [0, 0.05) is 0 Å². The average Bonchev–Trinajstić information content (AvgIpc) is 2.75. The predicted octanol–water partition coefficient (Wildman–Crippen LogP) is 3.07. The molecule has 0 aliphatic carbocycles. The molecule has 0 amide bonds. The lowest BCUT2D eigenvalue weighted by Gasteiger charge is -2.09. The Labute approximate surface area is 135 Å². The molecule has 1 unspecified atom stereocenters. The van der Waals surface area contributed by atoms with Crippen LogP contribution in [0.2, 0.25) is 5.02 Å². The molecule has 0 radical (unpaired) electrons. The first-order valence-electron chi connectivity index (χ1n) is 5.78. The van der Waals surface area contributed by atoms with Gasteiger partial charge in [0.1, 0.15) is 8.72 Å². The van der Waals surface area contributed by atoms with E-state index in [0.29, 0.717) is 8.72 Å². The summed E-state index contributed by atoms with van der Waals surface area (Å²) in [5.41, 5.74) is 0.861. The van der Waals surface area contributed by atoms with Crippen LogP contribution in [-0.2, 0) is 9.53 Å². The SMILES string of the molecule is COC(=O)C(C)Oc1nn(-c2ccccc2)c(I)c1Cl. The Hall–Kier alpha value is -1.28. The van der Waals surface area contributed by atoms with Gasteiger partial charge < -0.3 is 9.47 Å². The summed E-state index contributed by atoms with van der Waals surface area (Å²) in [6, 6.07) is 9.52. The smallest absolute Gasteiger partial charge is 0.346 e. The molecular weight excluding hydrogens is 395 g/mol. The first-order valence-corrected chi connectivity index (χ1v) is 7.24. The molecule has 0 spiro atoms. The number of carbonyl (C=O) groups excluding carboxylic acids is 1. The van der Waals surface area contributed by atoms with Crippen molar-refractivity contribution in [2.24, 2.45) is 0 Å². The third kappa shape index (κ3) is 3.06. The molecular formula is C13H12ClIN2O3. The highest BCUT2D eigenvalue weighted by Gasteiger charge is 2.22. The van der Waals surface area contributed by atoms with Gasteiger partial charge in [-0.1, -0.05) is 29.8 Å². The molecule has 1 aromatic carbocycles. The average molecular weight is 407 g/mol. The molecule has 0 N–H and O–H groups in total. The van der Waals surface area contributed by atoms with Crippen LogP contribution in [0.5, 0.6) is 5.88 Å². The highest BCUT2D eigenvalue weighted by molar-refractivity contribution is 14.1. The van der Waals surface area contributed by atoms with Gasteiger partial charge in [-0.15, -0.1) is 5.10 Å². The van der Waals surface area contributed by atoms with E-state index in [-0.39, 0.29) is 5.88 Å². The standard InChI is InChI=1S/C13H12ClIN2O3/c1-8(13(18)19-2)20-12-10(14)11(15)17(16-12)9-6-4-3-5-7-9/h3-8H,1-2H3. The maximum Gasteiger partial charge on any atom is 0.346 e. The molecule has 0 aliphatic rings. The summed E-state index contributed by atoms with van der Waals surface area (Å²) in [4.78, 5) is 11.4. The topological polar surface area (TPSA) is 53.4 Å².